The average Bonchev–Trinajstić information content (AvgIpc) is 2.76. The van der Waals surface area contributed by atoms with Crippen LogP contribution in [0.25, 0.3) is 0 Å². The summed E-state index contributed by atoms with van der Waals surface area (Å²) in [6.07, 6.45) is 1.19. The lowest BCUT2D eigenvalue weighted by molar-refractivity contribution is 0.349. The van der Waals surface area contributed by atoms with E-state index in [1.807, 2.05) is 0 Å². The van der Waals surface area contributed by atoms with E-state index >= 15 is 0 Å². The summed E-state index contributed by atoms with van der Waals surface area (Å²) < 4.78 is 0. The molecule has 0 radical (unpaired) electrons. The molecule has 1 N–H and O–H groups in total. The molecule has 2 rings (SSSR count). The molecule has 3 nitrogen and oxygen atoms in total. The van der Waals surface area contributed by atoms with Gasteiger partial charge in [-0.05, 0) is 37.2 Å². The summed E-state index contributed by atoms with van der Waals surface area (Å²) in [6, 6.07) is 6.87. The van der Waals surface area contributed by atoms with Crippen LogP contribution in [-0.2, 0) is 13.0 Å². The van der Waals surface area contributed by atoms with Crippen molar-refractivity contribution in [3.63, 3.8) is 0 Å². The maximum Gasteiger partial charge on any atom is 0.0397 e. The Bertz CT molecular complexity index is 389. The Labute approximate surface area is 111 Å². The summed E-state index contributed by atoms with van der Waals surface area (Å²) in [5, 5.41) is 3.51. The Morgan fingerprint density at radius 1 is 1.39 bits per heavy atom. The van der Waals surface area contributed by atoms with Gasteiger partial charge >= 0.3 is 0 Å². The van der Waals surface area contributed by atoms with Crippen LogP contribution in [0.3, 0.4) is 0 Å². The molecule has 100 valence electrons. The van der Waals surface area contributed by atoms with Crippen LogP contribution < -0.4 is 10.2 Å². The van der Waals surface area contributed by atoms with Gasteiger partial charge in [0.15, 0.2) is 0 Å². The molecular formula is C15H25N3. The largest absolute Gasteiger partial charge is 0.374 e. The monoisotopic (exact) mass is 247 g/mol. The van der Waals surface area contributed by atoms with Gasteiger partial charge in [0.25, 0.3) is 0 Å². The van der Waals surface area contributed by atoms with Crippen LogP contribution in [-0.4, -0.2) is 45.2 Å². The Balaban J connectivity index is 1.80. The molecule has 0 aromatic heterocycles. The molecule has 0 saturated heterocycles. The third-order valence-corrected chi connectivity index (χ3v) is 3.81. The zero-order valence-corrected chi connectivity index (χ0v) is 11.9. The lowest BCUT2D eigenvalue weighted by Crippen LogP contribution is -2.28. The fraction of sp³-hybridized carbons (Fsp3) is 0.600. The number of hydrogen-bond donors (Lipinski definition) is 1. The minimum absolute atomic E-state index is 0.981. The van der Waals surface area contributed by atoms with Crippen LogP contribution in [0.1, 0.15) is 18.1 Å². The number of nitrogens with one attached hydrogen (secondary N) is 1. The second-order valence-electron chi connectivity index (χ2n) is 5.21. The van der Waals surface area contributed by atoms with Gasteiger partial charge in [-0.25, -0.2) is 0 Å². The molecule has 0 aliphatic carbocycles. The highest BCUT2D eigenvalue weighted by molar-refractivity contribution is 5.58. The molecule has 1 aliphatic rings. The number of hydrogen-bond acceptors (Lipinski definition) is 3. The lowest BCUT2D eigenvalue weighted by atomic mass is 10.1. The van der Waals surface area contributed by atoms with E-state index in [2.05, 4.69) is 54.3 Å². The second kappa shape index (κ2) is 6.21. The summed E-state index contributed by atoms with van der Waals surface area (Å²) in [4.78, 5) is 4.66. The van der Waals surface area contributed by atoms with Crippen LogP contribution in [0.4, 0.5) is 5.69 Å². The SMILES string of the molecule is CCN(C)CCNCc1ccc2c(c1)CCN2C. The predicted octanol–water partition coefficient (Wildman–Crippen LogP) is 1.72. The Morgan fingerprint density at radius 3 is 3.00 bits per heavy atom. The van der Waals surface area contributed by atoms with E-state index in [1.165, 1.54) is 23.2 Å². The summed E-state index contributed by atoms with van der Waals surface area (Å²) in [6.45, 7) is 7.62. The van der Waals surface area contributed by atoms with Gasteiger partial charge in [-0.15, -0.1) is 0 Å². The smallest absolute Gasteiger partial charge is 0.0397 e. The van der Waals surface area contributed by atoms with Crippen molar-refractivity contribution in [3.8, 4) is 0 Å². The number of likely N-dealkylation sites (N-methyl/N-ethyl adjacent to an activating group) is 2. The van der Waals surface area contributed by atoms with Crippen LogP contribution >= 0.6 is 0 Å². The van der Waals surface area contributed by atoms with Crippen molar-refractivity contribution in [1.82, 2.24) is 10.2 Å². The maximum absolute atomic E-state index is 3.51. The molecular weight excluding hydrogens is 222 g/mol. The molecule has 1 heterocycles. The first kappa shape index (κ1) is 13.4. The first-order chi connectivity index (χ1) is 8.70. The van der Waals surface area contributed by atoms with Gasteiger partial charge in [0.05, 0.1) is 0 Å². The van der Waals surface area contributed by atoms with Gasteiger partial charge in [-0.3, -0.25) is 0 Å². The van der Waals surface area contributed by atoms with Crippen molar-refractivity contribution in [2.24, 2.45) is 0 Å². The molecule has 0 bridgehead atoms. The van der Waals surface area contributed by atoms with E-state index in [0.717, 1.165) is 32.7 Å². The van der Waals surface area contributed by atoms with Crippen LogP contribution in [0.5, 0.6) is 0 Å². The molecule has 0 saturated carbocycles. The summed E-state index contributed by atoms with van der Waals surface area (Å²) >= 11 is 0. The normalized spacial score (nSPS) is 14.3. The molecule has 18 heavy (non-hydrogen) atoms. The highest BCUT2D eigenvalue weighted by Gasteiger charge is 2.15. The van der Waals surface area contributed by atoms with Gasteiger partial charge in [0.2, 0.25) is 0 Å². The number of rotatable bonds is 6. The van der Waals surface area contributed by atoms with Crippen molar-refractivity contribution in [2.45, 2.75) is 19.9 Å². The highest BCUT2D eigenvalue weighted by atomic mass is 15.1. The van der Waals surface area contributed by atoms with E-state index in [1.54, 1.807) is 0 Å². The molecule has 0 unspecified atom stereocenters. The molecule has 0 atom stereocenters. The molecule has 0 spiro atoms. The summed E-state index contributed by atoms with van der Waals surface area (Å²) in [5.41, 5.74) is 4.31. The summed E-state index contributed by atoms with van der Waals surface area (Å²) in [7, 11) is 4.33. The molecule has 0 amide bonds. The number of fused-ring (bicyclic) bond motifs is 1. The first-order valence-corrected chi connectivity index (χ1v) is 6.93. The predicted molar refractivity (Wildman–Crippen MR) is 78.3 cm³/mol. The number of benzene rings is 1. The van der Waals surface area contributed by atoms with Crippen molar-refractivity contribution in [2.75, 3.05) is 45.2 Å². The van der Waals surface area contributed by atoms with E-state index in [9.17, 15) is 0 Å². The van der Waals surface area contributed by atoms with E-state index in [4.69, 9.17) is 0 Å². The fourth-order valence-electron chi connectivity index (χ4n) is 2.39. The van der Waals surface area contributed by atoms with Crippen LogP contribution in [0.2, 0.25) is 0 Å². The maximum atomic E-state index is 3.51. The summed E-state index contributed by atoms with van der Waals surface area (Å²) in [5.74, 6) is 0. The quantitative estimate of drug-likeness (QED) is 0.772. The Hall–Kier alpha value is -1.06. The minimum atomic E-state index is 0.981. The van der Waals surface area contributed by atoms with Gasteiger partial charge in [0, 0.05) is 38.9 Å². The van der Waals surface area contributed by atoms with Crippen molar-refractivity contribution < 1.29 is 0 Å². The first-order valence-electron chi connectivity index (χ1n) is 6.93. The molecule has 1 aliphatic heterocycles. The standard InChI is InChI=1S/C15H25N3/c1-4-17(2)10-8-16-12-13-5-6-15-14(11-13)7-9-18(15)3/h5-6,11,16H,4,7-10,12H2,1-3H3. The topological polar surface area (TPSA) is 18.5 Å². The zero-order valence-electron chi connectivity index (χ0n) is 11.9. The van der Waals surface area contributed by atoms with Crippen LogP contribution in [0, 0.1) is 0 Å². The van der Waals surface area contributed by atoms with Crippen molar-refractivity contribution >= 4 is 5.69 Å². The van der Waals surface area contributed by atoms with Crippen LogP contribution in [0.15, 0.2) is 18.2 Å². The van der Waals surface area contributed by atoms with E-state index in [0.29, 0.717) is 0 Å². The molecule has 1 aromatic rings. The van der Waals surface area contributed by atoms with Gasteiger partial charge in [-0.2, -0.15) is 0 Å². The van der Waals surface area contributed by atoms with Gasteiger partial charge < -0.3 is 15.1 Å². The van der Waals surface area contributed by atoms with Gasteiger partial charge in [-0.1, -0.05) is 19.1 Å². The third-order valence-electron chi connectivity index (χ3n) is 3.81. The molecule has 1 aromatic carbocycles. The molecule has 3 heteroatoms. The number of nitrogens with zero attached hydrogens (tertiary/aromatic N) is 2. The highest BCUT2D eigenvalue weighted by Crippen LogP contribution is 2.27. The minimum Gasteiger partial charge on any atom is -0.374 e. The van der Waals surface area contributed by atoms with E-state index in [-0.39, 0.29) is 0 Å². The van der Waals surface area contributed by atoms with Crippen molar-refractivity contribution in [1.29, 1.82) is 0 Å². The lowest BCUT2D eigenvalue weighted by Gasteiger charge is -2.15. The second-order valence-corrected chi connectivity index (χ2v) is 5.21. The van der Waals surface area contributed by atoms with Gasteiger partial charge in [0.1, 0.15) is 0 Å². The Morgan fingerprint density at radius 2 is 2.22 bits per heavy atom. The van der Waals surface area contributed by atoms with Crippen molar-refractivity contribution in [3.05, 3.63) is 29.3 Å². The number of anilines is 1. The fourth-order valence-corrected chi connectivity index (χ4v) is 2.39. The molecule has 0 fully saturated rings. The average molecular weight is 247 g/mol. The van der Waals surface area contributed by atoms with E-state index < -0.39 is 0 Å². The Kier molecular flexibility index (Phi) is 4.61. The third kappa shape index (κ3) is 3.24. The zero-order chi connectivity index (χ0) is 13.0.